The molecule has 0 saturated heterocycles. The molecule has 2 nitrogen and oxygen atoms in total. The van der Waals surface area contributed by atoms with Crippen molar-refractivity contribution in [2.45, 2.75) is 0 Å². The highest BCUT2D eigenvalue weighted by atomic mass is 15.0. The van der Waals surface area contributed by atoms with Crippen LogP contribution in [-0.2, 0) is 0 Å². The first-order chi connectivity index (χ1) is 24.8. The van der Waals surface area contributed by atoms with Crippen molar-refractivity contribution in [3.8, 4) is 44.8 Å². The van der Waals surface area contributed by atoms with E-state index in [1.54, 1.807) is 0 Å². The van der Waals surface area contributed by atoms with Gasteiger partial charge in [0.1, 0.15) is 0 Å². The summed E-state index contributed by atoms with van der Waals surface area (Å²) < 4.78 is 4.93. The molecule has 0 saturated carbocycles. The third kappa shape index (κ3) is 4.50. The topological polar surface area (TPSA) is 9.86 Å². The molecule has 0 bridgehead atoms. The molecule has 0 aliphatic carbocycles. The van der Waals surface area contributed by atoms with Crippen LogP contribution in [0.15, 0.2) is 194 Å². The molecule has 0 radical (unpaired) electrons. The van der Waals surface area contributed by atoms with Crippen LogP contribution in [0.5, 0.6) is 0 Å². The minimum Gasteiger partial charge on any atom is -0.309 e. The fraction of sp³-hybridized carbons (Fsp3) is 0. The summed E-state index contributed by atoms with van der Waals surface area (Å²) >= 11 is 0. The molecular weight excluding hydrogens is 605 g/mol. The molecule has 234 valence electrons. The third-order valence-electron chi connectivity index (χ3n) is 10.1. The Balaban J connectivity index is 1.31. The van der Waals surface area contributed by atoms with Gasteiger partial charge in [-0.3, -0.25) is 0 Å². The molecule has 0 aliphatic rings. The van der Waals surface area contributed by atoms with E-state index in [2.05, 4.69) is 203 Å². The molecule has 2 aromatic heterocycles. The second-order valence-electron chi connectivity index (χ2n) is 13.0. The monoisotopic (exact) mass is 636 g/mol. The number of benzene rings is 8. The van der Waals surface area contributed by atoms with Gasteiger partial charge in [-0.15, -0.1) is 0 Å². The van der Waals surface area contributed by atoms with E-state index in [1.807, 2.05) is 0 Å². The molecule has 0 fully saturated rings. The Morgan fingerprint density at radius 2 is 0.740 bits per heavy atom. The van der Waals surface area contributed by atoms with Gasteiger partial charge in [-0.25, -0.2) is 0 Å². The lowest BCUT2D eigenvalue weighted by atomic mass is 10.0. The second kappa shape index (κ2) is 11.5. The SMILES string of the molecule is c1ccc(-c2cccc(-n3c4ccccc4c4c3ccc3c5cc(-c6ccccc6)ccc5n(-c5cccc(-c6ccccc6)c5)c34)c2)cc1. The number of hydrogen-bond donors (Lipinski definition) is 0. The van der Waals surface area contributed by atoms with Crippen LogP contribution in [0, 0.1) is 0 Å². The summed E-state index contributed by atoms with van der Waals surface area (Å²) in [5.74, 6) is 0. The smallest absolute Gasteiger partial charge is 0.0641 e. The molecule has 10 rings (SSSR count). The van der Waals surface area contributed by atoms with E-state index >= 15 is 0 Å². The van der Waals surface area contributed by atoms with Crippen LogP contribution in [0.4, 0.5) is 0 Å². The average molecular weight is 637 g/mol. The fourth-order valence-corrected chi connectivity index (χ4v) is 7.83. The van der Waals surface area contributed by atoms with Gasteiger partial charge in [0.15, 0.2) is 0 Å². The molecule has 0 amide bonds. The van der Waals surface area contributed by atoms with Crippen molar-refractivity contribution in [3.63, 3.8) is 0 Å². The lowest BCUT2D eigenvalue weighted by Crippen LogP contribution is -1.96. The van der Waals surface area contributed by atoms with Crippen LogP contribution in [0.1, 0.15) is 0 Å². The molecule has 2 heteroatoms. The van der Waals surface area contributed by atoms with Crippen molar-refractivity contribution >= 4 is 43.6 Å². The van der Waals surface area contributed by atoms with E-state index in [-0.39, 0.29) is 0 Å². The van der Waals surface area contributed by atoms with Crippen molar-refractivity contribution in [3.05, 3.63) is 194 Å². The van der Waals surface area contributed by atoms with E-state index in [0.29, 0.717) is 0 Å². The highest BCUT2D eigenvalue weighted by Crippen LogP contribution is 2.43. The average Bonchev–Trinajstić information content (AvgIpc) is 3.71. The first kappa shape index (κ1) is 28.4. The maximum atomic E-state index is 2.49. The normalized spacial score (nSPS) is 11.6. The Bertz CT molecular complexity index is 2840. The minimum atomic E-state index is 1.15. The van der Waals surface area contributed by atoms with E-state index in [9.17, 15) is 0 Å². The van der Waals surface area contributed by atoms with Gasteiger partial charge in [-0.05, 0) is 81.9 Å². The van der Waals surface area contributed by atoms with Crippen LogP contribution in [-0.4, -0.2) is 9.13 Å². The second-order valence-corrected chi connectivity index (χ2v) is 13.0. The molecule has 10 aromatic rings. The van der Waals surface area contributed by atoms with Crippen molar-refractivity contribution in [2.24, 2.45) is 0 Å². The Hall–Kier alpha value is -6.64. The standard InChI is InChI=1S/C48H32N2/c1-4-14-33(15-5-1)36-20-12-22-39(30-36)49-44-25-11-10-24-42(44)47-46(49)29-27-41-43-32-38(35-18-8-3-9-19-35)26-28-45(43)50(48(41)47)40-23-13-21-37(31-40)34-16-6-2-7-17-34/h1-32H. The predicted molar refractivity (Wildman–Crippen MR) is 211 cm³/mol. The number of nitrogens with zero attached hydrogens (tertiary/aromatic N) is 2. The number of hydrogen-bond acceptors (Lipinski definition) is 0. The van der Waals surface area contributed by atoms with Gasteiger partial charge < -0.3 is 9.13 Å². The number of fused-ring (bicyclic) bond motifs is 7. The summed E-state index contributed by atoms with van der Waals surface area (Å²) in [6, 6.07) is 70.4. The molecule has 50 heavy (non-hydrogen) atoms. The summed E-state index contributed by atoms with van der Waals surface area (Å²) in [6.07, 6.45) is 0. The lowest BCUT2D eigenvalue weighted by molar-refractivity contribution is 1.17. The zero-order chi connectivity index (χ0) is 33.0. The first-order valence-electron chi connectivity index (χ1n) is 17.2. The van der Waals surface area contributed by atoms with Gasteiger partial charge in [0, 0.05) is 32.9 Å². The Labute approximate surface area is 290 Å². The Morgan fingerprint density at radius 3 is 1.36 bits per heavy atom. The quantitative estimate of drug-likeness (QED) is 0.178. The molecule has 0 unspecified atom stereocenters. The molecular formula is C48H32N2. The van der Waals surface area contributed by atoms with E-state index < -0.39 is 0 Å². The predicted octanol–water partition coefficient (Wildman–Crippen LogP) is 12.9. The van der Waals surface area contributed by atoms with Crippen molar-refractivity contribution < 1.29 is 0 Å². The fourth-order valence-electron chi connectivity index (χ4n) is 7.83. The van der Waals surface area contributed by atoms with Crippen molar-refractivity contribution in [1.82, 2.24) is 9.13 Å². The van der Waals surface area contributed by atoms with Crippen LogP contribution < -0.4 is 0 Å². The van der Waals surface area contributed by atoms with E-state index in [0.717, 1.165) is 11.4 Å². The van der Waals surface area contributed by atoms with E-state index in [1.165, 1.54) is 77.0 Å². The highest BCUT2D eigenvalue weighted by molar-refractivity contribution is 6.26. The largest absolute Gasteiger partial charge is 0.309 e. The molecule has 0 spiro atoms. The molecule has 0 N–H and O–H groups in total. The molecule has 8 aromatic carbocycles. The Kier molecular flexibility index (Phi) is 6.53. The first-order valence-corrected chi connectivity index (χ1v) is 17.2. The van der Waals surface area contributed by atoms with E-state index in [4.69, 9.17) is 0 Å². The molecule has 0 atom stereocenters. The van der Waals surface area contributed by atoms with Gasteiger partial charge in [0.25, 0.3) is 0 Å². The molecule has 0 aliphatic heterocycles. The van der Waals surface area contributed by atoms with Crippen molar-refractivity contribution in [1.29, 1.82) is 0 Å². The summed E-state index contributed by atoms with van der Waals surface area (Å²) in [7, 11) is 0. The summed E-state index contributed by atoms with van der Waals surface area (Å²) in [5.41, 5.74) is 14.4. The van der Waals surface area contributed by atoms with Gasteiger partial charge in [-0.2, -0.15) is 0 Å². The third-order valence-corrected chi connectivity index (χ3v) is 10.1. The number of rotatable bonds is 5. The zero-order valence-corrected chi connectivity index (χ0v) is 27.4. The minimum absolute atomic E-state index is 1.15. The summed E-state index contributed by atoms with van der Waals surface area (Å²) in [4.78, 5) is 0. The Morgan fingerprint density at radius 1 is 0.260 bits per heavy atom. The van der Waals surface area contributed by atoms with Crippen molar-refractivity contribution in [2.75, 3.05) is 0 Å². The van der Waals surface area contributed by atoms with Gasteiger partial charge >= 0.3 is 0 Å². The van der Waals surface area contributed by atoms with Gasteiger partial charge in [0.2, 0.25) is 0 Å². The van der Waals surface area contributed by atoms with Crippen LogP contribution in [0.2, 0.25) is 0 Å². The maximum Gasteiger partial charge on any atom is 0.0641 e. The van der Waals surface area contributed by atoms with Crippen LogP contribution in [0.25, 0.3) is 88.4 Å². The van der Waals surface area contributed by atoms with Gasteiger partial charge in [0.05, 0.1) is 22.1 Å². The zero-order valence-electron chi connectivity index (χ0n) is 27.4. The summed E-state index contributed by atoms with van der Waals surface area (Å²) in [6.45, 7) is 0. The molecule has 2 heterocycles. The maximum absolute atomic E-state index is 2.49. The van der Waals surface area contributed by atoms with Gasteiger partial charge in [-0.1, -0.05) is 146 Å². The van der Waals surface area contributed by atoms with Crippen LogP contribution >= 0.6 is 0 Å². The summed E-state index contributed by atoms with van der Waals surface area (Å²) in [5, 5.41) is 4.99. The lowest BCUT2D eigenvalue weighted by Gasteiger charge is -2.12. The highest BCUT2D eigenvalue weighted by Gasteiger charge is 2.21. The number of aromatic nitrogens is 2. The number of para-hydroxylation sites is 1. The van der Waals surface area contributed by atoms with Crippen LogP contribution in [0.3, 0.4) is 0 Å².